The first-order valence-electron chi connectivity index (χ1n) is 6.22. The predicted octanol–water partition coefficient (Wildman–Crippen LogP) is 4.86. The quantitative estimate of drug-likeness (QED) is 0.651. The van der Waals surface area contributed by atoms with Crippen molar-refractivity contribution in [1.82, 2.24) is 0 Å². The van der Waals surface area contributed by atoms with Crippen molar-refractivity contribution in [3.63, 3.8) is 0 Å². The van der Waals surface area contributed by atoms with E-state index in [1.807, 2.05) is 18.2 Å². The molecule has 0 radical (unpaired) electrons. The van der Waals surface area contributed by atoms with Gasteiger partial charge < -0.3 is 0 Å². The zero-order chi connectivity index (χ0) is 12.7. The number of hydrogen-bond acceptors (Lipinski definition) is 0. The topological polar surface area (TPSA) is 0 Å². The summed E-state index contributed by atoms with van der Waals surface area (Å²) in [7, 11) is 0. The van der Waals surface area contributed by atoms with Crippen LogP contribution in [-0.4, -0.2) is 0 Å². The van der Waals surface area contributed by atoms with E-state index < -0.39 is 0 Å². The summed E-state index contributed by atoms with van der Waals surface area (Å²) in [6, 6.07) is 16.7. The lowest BCUT2D eigenvalue weighted by Gasteiger charge is -2.04. The van der Waals surface area contributed by atoms with Gasteiger partial charge in [0.25, 0.3) is 0 Å². The van der Waals surface area contributed by atoms with Gasteiger partial charge >= 0.3 is 0 Å². The Morgan fingerprint density at radius 1 is 0.765 bits per heavy atom. The molecular formula is C17H22. The van der Waals surface area contributed by atoms with E-state index in [1.165, 1.54) is 22.3 Å². The van der Waals surface area contributed by atoms with Crippen LogP contribution in [0.25, 0.3) is 0 Å². The SMILES string of the molecule is CCc1cccc(C)c1C.Cc1ccccc1. The van der Waals surface area contributed by atoms with Crippen LogP contribution in [0.4, 0.5) is 0 Å². The molecule has 2 aromatic rings. The summed E-state index contributed by atoms with van der Waals surface area (Å²) in [5.74, 6) is 0. The first-order valence-corrected chi connectivity index (χ1v) is 6.22. The Morgan fingerprint density at radius 2 is 1.41 bits per heavy atom. The summed E-state index contributed by atoms with van der Waals surface area (Å²) < 4.78 is 0. The predicted molar refractivity (Wildman–Crippen MR) is 76.5 cm³/mol. The van der Waals surface area contributed by atoms with Crippen molar-refractivity contribution in [3.05, 3.63) is 70.8 Å². The molecular weight excluding hydrogens is 204 g/mol. The number of aryl methyl sites for hydroxylation is 3. The van der Waals surface area contributed by atoms with Gasteiger partial charge in [-0.05, 0) is 43.9 Å². The molecule has 0 saturated carbocycles. The molecule has 0 aromatic heterocycles. The molecule has 0 bridgehead atoms. The van der Waals surface area contributed by atoms with Gasteiger partial charge in [-0.3, -0.25) is 0 Å². The van der Waals surface area contributed by atoms with Crippen molar-refractivity contribution in [2.45, 2.75) is 34.1 Å². The highest BCUT2D eigenvalue weighted by Gasteiger charge is 1.95. The zero-order valence-corrected chi connectivity index (χ0v) is 11.3. The third-order valence-corrected chi connectivity index (χ3v) is 3.04. The second kappa shape index (κ2) is 6.90. The maximum atomic E-state index is 2.20. The van der Waals surface area contributed by atoms with E-state index in [-0.39, 0.29) is 0 Å². The second-order valence-electron chi connectivity index (χ2n) is 4.37. The summed E-state index contributed by atoms with van der Waals surface area (Å²) in [5.41, 5.74) is 5.65. The van der Waals surface area contributed by atoms with Crippen LogP contribution in [0.1, 0.15) is 29.2 Å². The van der Waals surface area contributed by atoms with Gasteiger partial charge in [0.15, 0.2) is 0 Å². The Bertz CT molecular complexity index is 441. The largest absolute Gasteiger partial charge is 0.0622 e. The van der Waals surface area contributed by atoms with E-state index in [2.05, 4.69) is 58.0 Å². The van der Waals surface area contributed by atoms with E-state index in [4.69, 9.17) is 0 Å². The molecule has 0 aliphatic rings. The Balaban J connectivity index is 0.000000181. The molecule has 0 saturated heterocycles. The Labute approximate surface area is 105 Å². The molecule has 0 N–H and O–H groups in total. The lowest BCUT2D eigenvalue weighted by atomic mass is 10.0. The van der Waals surface area contributed by atoms with Crippen molar-refractivity contribution in [3.8, 4) is 0 Å². The van der Waals surface area contributed by atoms with Crippen molar-refractivity contribution >= 4 is 0 Å². The standard InChI is InChI=1S/C10H14.C7H8/c1-4-10-7-5-6-8(2)9(10)3;1-7-5-3-2-4-6-7/h5-7H,4H2,1-3H3;2-6H,1H3. The third kappa shape index (κ3) is 4.44. The summed E-state index contributed by atoms with van der Waals surface area (Å²) >= 11 is 0. The molecule has 17 heavy (non-hydrogen) atoms. The van der Waals surface area contributed by atoms with Gasteiger partial charge in [0.1, 0.15) is 0 Å². The fraction of sp³-hybridized carbons (Fsp3) is 0.294. The second-order valence-corrected chi connectivity index (χ2v) is 4.37. The van der Waals surface area contributed by atoms with Crippen LogP contribution in [-0.2, 0) is 6.42 Å². The molecule has 2 aromatic carbocycles. The normalized spacial score (nSPS) is 9.41. The van der Waals surface area contributed by atoms with Gasteiger partial charge in [-0.25, -0.2) is 0 Å². The summed E-state index contributed by atoms with van der Waals surface area (Å²) in [5, 5.41) is 0. The average Bonchev–Trinajstić information content (AvgIpc) is 2.34. The van der Waals surface area contributed by atoms with Crippen LogP contribution in [0.3, 0.4) is 0 Å². The highest BCUT2D eigenvalue weighted by molar-refractivity contribution is 5.32. The average molecular weight is 226 g/mol. The van der Waals surface area contributed by atoms with Gasteiger partial charge in [-0.15, -0.1) is 0 Å². The van der Waals surface area contributed by atoms with Gasteiger partial charge in [-0.2, -0.15) is 0 Å². The summed E-state index contributed by atoms with van der Waals surface area (Å²) in [6.07, 6.45) is 1.15. The Morgan fingerprint density at radius 3 is 1.82 bits per heavy atom. The molecule has 0 spiro atoms. The minimum Gasteiger partial charge on any atom is -0.0622 e. The van der Waals surface area contributed by atoms with Crippen molar-refractivity contribution in [2.24, 2.45) is 0 Å². The molecule has 0 amide bonds. The number of rotatable bonds is 1. The zero-order valence-electron chi connectivity index (χ0n) is 11.3. The van der Waals surface area contributed by atoms with Gasteiger partial charge in [0.05, 0.1) is 0 Å². The monoisotopic (exact) mass is 226 g/mol. The highest BCUT2D eigenvalue weighted by atomic mass is 14.0. The van der Waals surface area contributed by atoms with Crippen LogP contribution in [0.2, 0.25) is 0 Å². The summed E-state index contributed by atoms with van der Waals surface area (Å²) in [6.45, 7) is 8.63. The van der Waals surface area contributed by atoms with E-state index in [0.29, 0.717) is 0 Å². The van der Waals surface area contributed by atoms with Crippen molar-refractivity contribution < 1.29 is 0 Å². The molecule has 0 nitrogen and oxygen atoms in total. The molecule has 0 fully saturated rings. The van der Waals surface area contributed by atoms with Crippen molar-refractivity contribution in [2.75, 3.05) is 0 Å². The smallest absolute Gasteiger partial charge is 0.0305 e. The lowest BCUT2D eigenvalue weighted by molar-refractivity contribution is 1.09. The molecule has 0 heteroatoms. The minimum absolute atomic E-state index is 1.15. The first kappa shape index (κ1) is 13.5. The van der Waals surface area contributed by atoms with Crippen LogP contribution in [0.15, 0.2) is 48.5 Å². The Hall–Kier alpha value is -1.56. The molecule has 0 atom stereocenters. The molecule has 0 unspecified atom stereocenters. The Kier molecular flexibility index (Phi) is 5.48. The fourth-order valence-corrected chi connectivity index (χ4v) is 1.73. The lowest BCUT2D eigenvalue weighted by Crippen LogP contribution is -1.88. The van der Waals surface area contributed by atoms with E-state index in [9.17, 15) is 0 Å². The molecule has 0 aliphatic carbocycles. The molecule has 2 rings (SSSR count). The molecule has 0 heterocycles. The first-order chi connectivity index (χ1) is 8.15. The van der Waals surface area contributed by atoms with Crippen LogP contribution in [0, 0.1) is 20.8 Å². The van der Waals surface area contributed by atoms with E-state index in [0.717, 1.165) is 6.42 Å². The fourth-order valence-electron chi connectivity index (χ4n) is 1.73. The van der Waals surface area contributed by atoms with E-state index >= 15 is 0 Å². The van der Waals surface area contributed by atoms with Crippen LogP contribution < -0.4 is 0 Å². The highest BCUT2D eigenvalue weighted by Crippen LogP contribution is 2.12. The minimum atomic E-state index is 1.15. The van der Waals surface area contributed by atoms with Gasteiger partial charge in [0, 0.05) is 0 Å². The third-order valence-electron chi connectivity index (χ3n) is 3.04. The van der Waals surface area contributed by atoms with E-state index in [1.54, 1.807) is 0 Å². The van der Waals surface area contributed by atoms with Crippen molar-refractivity contribution in [1.29, 1.82) is 0 Å². The van der Waals surface area contributed by atoms with Crippen LogP contribution >= 0.6 is 0 Å². The number of benzene rings is 2. The molecule has 90 valence electrons. The molecule has 0 aliphatic heterocycles. The maximum absolute atomic E-state index is 2.20. The van der Waals surface area contributed by atoms with Crippen LogP contribution in [0.5, 0.6) is 0 Å². The van der Waals surface area contributed by atoms with Gasteiger partial charge in [0.2, 0.25) is 0 Å². The number of hydrogen-bond donors (Lipinski definition) is 0. The summed E-state index contributed by atoms with van der Waals surface area (Å²) in [4.78, 5) is 0. The van der Waals surface area contributed by atoms with Gasteiger partial charge in [-0.1, -0.05) is 61.0 Å². The maximum Gasteiger partial charge on any atom is -0.0305 e.